The third-order valence-electron chi connectivity index (χ3n) is 6.33. The highest BCUT2D eigenvalue weighted by molar-refractivity contribution is 5.92. The first-order chi connectivity index (χ1) is 16.3. The highest BCUT2D eigenvalue weighted by atomic mass is 16.6. The van der Waals surface area contributed by atoms with E-state index in [1.165, 1.54) is 0 Å². The Morgan fingerprint density at radius 1 is 1.15 bits per heavy atom. The normalized spacial score (nSPS) is 24.0. The lowest BCUT2D eigenvalue weighted by atomic mass is 9.84. The number of carbonyl (C=O) groups excluding carboxylic acids is 2. The number of ether oxygens (including phenoxy) is 2. The Kier molecular flexibility index (Phi) is 7.50. The van der Waals surface area contributed by atoms with E-state index in [0.29, 0.717) is 18.7 Å². The van der Waals surface area contributed by atoms with Crippen LogP contribution in [0.4, 0.5) is 5.69 Å². The fraction of sp³-hybridized carbons (Fsp3) is 0.462. The van der Waals surface area contributed by atoms with Crippen LogP contribution < -0.4 is 15.4 Å². The molecule has 3 N–H and O–H groups in total. The molecule has 34 heavy (non-hydrogen) atoms. The van der Waals surface area contributed by atoms with E-state index in [4.69, 9.17) is 9.47 Å². The van der Waals surface area contributed by atoms with Crippen molar-refractivity contribution in [2.45, 2.75) is 50.0 Å². The Bertz CT molecular complexity index is 1010. The second-order valence-corrected chi connectivity index (χ2v) is 9.35. The molecule has 2 aromatic rings. The zero-order valence-corrected chi connectivity index (χ0v) is 19.9. The number of rotatable bonds is 8. The van der Waals surface area contributed by atoms with Crippen LogP contribution in [0, 0.1) is 0 Å². The van der Waals surface area contributed by atoms with Crippen LogP contribution in [0.3, 0.4) is 0 Å². The molecule has 1 saturated heterocycles. The van der Waals surface area contributed by atoms with Crippen molar-refractivity contribution in [2.75, 3.05) is 32.6 Å². The summed E-state index contributed by atoms with van der Waals surface area (Å²) in [7, 11) is 3.68. The minimum absolute atomic E-state index is 0.0315. The molecule has 182 valence electrons. The molecule has 0 spiro atoms. The molecule has 0 aliphatic carbocycles. The largest absolute Gasteiger partial charge is 0.487 e. The predicted molar refractivity (Wildman–Crippen MR) is 129 cm³/mol. The van der Waals surface area contributed by atoms with Crippen molar-refractivity contribution in [3.63, 3.8) is 0 Å². The molecular formula is C26H33N3O5. The van der Waals surface area contributed by atoms with E-state index in [0.717, 1.165) is 16.9 Å². The van der Waals surface area contributed by atoms with Gasteiger partial charge in [-0.2, -0.15) is 0 Å². The minimum atomic E-state index is -0.526. The lowest BCUT2D eigenvalue weighted by Gasteiger charge is -2.37. The number of hydrogen-bond acceptors (Lipinski definition) is 6. The van der Waals surface area contributed by atoms with Crippen LogP contribution >= 0.6 is 0 Å². The molecule has 2 aliphatic rings. The van der Waals surface area contributed by atoms with Crippen LogP contribution in [0.25, 0.3) is 0 Å². The molecular weight excluding hydrogens is 434 g/mol. The average Bonchev–Trinajstić information content (AvgIpc) is 3.16. The molecule has 4 rings (SSSR count). The monoisotopic (exact) mass is 467 g/mol. The molecule has 5 atom stereocenters. The SMILES string of the molecule is C[C@@H](NC(=O)C[C@@H]1C[C@H]2c3cc(NC(=O)CN(C)C)ccc3O[C@H]2[C@@H](CO)O1)c1ccccc1. The average molecular weight is 468 g/mol. The molecule has 0 saturated carbocycles. The summed E-state index contributed by atoms with van der Waals surface area (Å²) in [5, 5.41) is 15.9. The van der Waals surface area contributed by atoms with Crippen molar-refractivity contribution in [2.24, 2.45) is 0 Å². The number of nitrogens with zero attached hydrogens (tertiary/aromatic N) is 1. The van der Waals surface area contributed by atoms with Gasteiger partial charge in [0.1, 0.15) is 18.0 Å². The standard InChI is InChI=1S/C26H33N3O5/c1-16(17-7-5-4-6-8-17)27-24(31)13-19-12-21-20-11-18(28-25(32)14-29(2)3)9-10-22(20)34-26(21)23(15-30)33-19/h4-11,16,19,21,23,26,30H,12-15H2,1-3H3,(H,27,31)(H,28,32)/t16-,19+,21+,23-,26-/m1/s1. The number of nitrogens with one attached hydrogen (secondary N) is 2. The van der Waals surface area contributed by atoms with E-state index >= 15 is 0 Å². The van der Waals surface area contributed by atoms with Crippen molar-refractivity contribution in [1.82, 2.24) is 10.2 Å². The lowest BCUT2D eigenvalue weighted by Crippen LogP contribution is -2.47. The third kappa shape index (κ3) is 5.58. The number of hydrogen-bond donors (Lipinski definition) is 3. The first-order valence-electron chi connectivity index (χ1n) is 11.7. The van der Waals surface area contributed by atoms with E-state index in [2.05, 4.69) is 10.6 Å². The first kappa shape index (κ1) is 24.2. The fourth-order valence-corrected chi connectivity index (χ4v) is 4.79. The second-order valence-electron chi connectivity index (χ2n) is 9.35. The Morgan fingerprint density at radius 2 is 1.91 bits per heavy atom. The Hall–Kier alpha value is -2.94. The van der Waals surface area contributed by atoms with Crippen molar-refractivity contribution < 1.29 is 24.2 Å². The van der Waals surface area contributed by atoms with Gasteiger partial charge in [-0.1, -0.05) is 30.3 Å². The molecule has 2 aromatic carbocycles. The molecule has 0 bridgehead atoms. The minimum Gasteiger partial charge on any atom is -0.487 e. The van der Waals surface area contributed by atoms with Gasteiger partial charge < -0.3 is 30.1 Å². The summed E-state index contributed by atoms with van der Waals surface area (Å²) in [6.45, 7) is 2.05. The number of carbonyl (C=O) groups is 2. The highest BCUT2D eigenvalue weighted by Gasteiger charge is 2.46. The van der Waals surface area contributed by atoms with Gasteiger partial charge in [0.15, 0.2) is 0 Å². The molecule has 0 unspecified atom stereocenters. The summed E-state index contributed by atoms with van der Waals surface area (Å²) in [4.78, 5) is 26.7. The summed E-state index contributed by atoms with van der Waals surface area (Å²) < 4.78 is 12.2. The molecule has 1 fully saturated rings. The number of aliphatic hydroxyl groups excluding tert-OH is 1. The summed E-state index contributed by atoms with van der Waals surface area (Å²) >= 11 is 0. The molecule has 2 aliphatic heterocycles. The number of aliphatic hydroxyl groups is 1. The van der Waals surface area contributed by atoms with Gasteiger partial charge >= 0.3 is 0 Å². The third-order valence-corrected chi connectivity index (χ3v) is 6.33. The number of amides is 2. The van der Waals surface area contributed by atoms with Crippen LogP contribution in [0.2, 0.25) is 0 Å². The summed E-state index contributed by atoms with van der Waals surface area (Å²) in [6.07, 6.45) is -0.400. The summed E-state index contributed by atoms with van der Waals surface area (Å²) in [5.74, 6) is 0.504. The van der Waals surface area contributed by atoms with Crippen LogP contribution in [-0.2, 0) is 14.3 Å². The molecule has 0 aromatic heterocycles. The van der Waals surface area contributed by atoms with Gasteiger partial charge in [-0.25, -0.2) is 0 Å². The Labute approximate surface area is 200 Å². The second kappa shape index (κ2) is 10.5. The Morgan fingerprint density at radius 3 is 2.62 bits per heavy atom. The van der Waals surface area contributed by atoms with Crippen molar-refractivity contribution in [3.05, 3.63) is 59.7 Å². The maximum absolute atomic E-state index is 12.8. The van der Waals surface area contributed by atoms with Gasteiger partial charge in [0.05, 0.1) is 31.7 Å². The van der Waals surface area contributed by atoms with E-state index in [-0.39, 0.29) is 49.0 Å². The van der Waals surface area contributed by atoms with E-state index in [1.54, 1.807) is 4.90 Å². The number of likely N-dealkylation sites (N-methyl/N-ethyl adjacent to an activating group) is 1. The summed E-state index contributed by atoms with van der Waals surface area (Å²) in [6, 6.07) is 15.3. The molecule has 2 amide bonds. The maximum Gasteiger partial charge on any atom is 0.238 e. The van der Waals surface area contributed by atoms with Gasteiger partial charge in [0, 0.05) is 17.2 Å². The number of fused-ring (bicyclic) bond motifs is 3. The maximum atomic E-state index is 12.8. The number of benzene rings is 2. The zero-order chi connectivity index (χ0) is 24.2. The predicted octanol–water partition coefficient (Wildman–Crippen LogP) is 2.45. The molecule has 2 heterocycles. The fourth-order valence-electron chi connectivity index (χ4n) is 4.79. The van der Waals surface area contributed by atoms with E-state index in [1.807, 2.05) is 69.6 Å². The van der Waals surface area contributed by atoms with E-state index < -0.39 is 6.10 Å². The zero-order valence-electron chi connectivity index (χ0n) is 19.9. The quantitative estimate of drug-likeness (QED) is 0.552. The van der Waals surface area contributed by atoms with Gasteiger partial charge in [0.25, 0.3) is 0 Å². The highest BCUT2D eigenvalue weighted by Crippen LogP contribution is 2.47. The molecule has 0 radical (unpaired) electrons. The van der Waals surface area contributed by atoms with Gasteiger partial charge in [0.2, 0.25) is 11.8 Å². The number of anilines is 1. The van der Waals surface area contributed by atoms with Gasteiger partial charge in [-0.15, -0.1) is 0 Å². The van der Waals surface area contributed by atoms with Crippen molar-refractivity contribution >= 4 is 17.5 Å². The van der Waals surface area contributed by atoms with Crippen LogP contribution in [0.5, 0.6) is 5.75 Å². The van der Waals surface area contributed by atoms with Crippen molar-refractivity contribution in [1.29, 1.82) is 0 Å². The van der Waals surface area contributed by atoms with Crippen molar-refractivity contribution in [3.8, 4) is 5.75 Å². The molecule has 8 heteroatoms. The Balaban J connectivity index is 1.43. The topological polar surface area (TPSA) is 100 Å². The lowest BCUT2D eigenvalue weighted by molar-refractivity contribution is -0.142. The van der Waals surface area contributed by atoms with Crippen LogP contribution in [-0.4, -0.2) is 67.4 Å². The van der Waals surface area contributed by atoms with Gasteiger partial charge in [-0.05, 0) is 51.2 Å². The molecule has 8 nitrogen and oxygen atoms in total. The first-order valence-corrected chi connectivity index (χ1v) is 11.7. The van der Waals surface area contributed by atoms with Crippen LogP contribution in [0.15, 0.2) is 48.5 Å². The van der Waals surface area contributed by atoms with E-state index in [9.17, 15) is 14.7 Å². The van der Waals surface area contributed by atoms with Gasteiger partial charge in [-0.3, -0.25) is 9.59 Å². The summed E-state index contributed by atoms with van der Waals surface area (Å²) in [5.41, 5.74) is 2.71. The smallest absolute Gasteiger partial charge is 0.238 e. The van der Waals surface area contributed by atoms with Crippen LogP contribution in [0.1, 0.15) is 42.9 Å².